The number of carbonyl (C=O) groups excluding carboxylic acids is 1. The van der Waals surface area contributed by atoms with Gasteiger partial charge in [-0.1, -0.05) is 20.8 Å². The van der Waals surface area contributed by atoms with Crippen LogP contribution in [0.1, 0.15) is 33.6 Å². The molecular weight excluding hydrogens is 204 g/mol. The van der Waals surface area contributed by atoms with Gasteiger partial charge in [0.15, 0.2) is 0 Å². The molecular formula is C12H24N2O2. The van der Waals surface area contributed by atoms with Gasteiger partial charge < -0.3 is 15.7 Å². The molecule has 1 aliphatic carbocycles. The Labute approximate surface area is 97.8 Å². The zero-order valence-electron chi connectivity index (χ0n) is 10.7. The minimum Gasteiger partial charge on any atom is -0.393 e. The van der Waals surface area contributed by atoms with Gasteiger partial charge in [0.05, 0.1) is 12.1 Å². The van der Waals surface area contributed by atoms with E-state index in [4.69, 9.17) is 5.73 Å². The molecule has 0 bridgehead atoms. The second-order valence-corrected chi connectivity index (χ2v) is 6.05. The van der Waals surface area contributed by atoms with Crippen molar-refractivity contribution in [3.63, 3.8) is 0 Å². The normalized spacial score (nSPS) is 27.1. The van der Waals surface area contributed by atoms with Crippen molar-refractivity contribution >= 4 is 5.91 Å². The lowest BCUT2D eigenvalue weighted by Gasteiger charge is -2.36. The molecule has 1 amide bonds. The molecule has 0 spiro atoms. The lowest BCUT2D eigenvalue weighted by molar-refractivity contribution is -0.135. The molecule has 0 radical (unpaired) electrons. The van der Waals surface area contributed by atoms with Crippen LogP contribution in [0.4, 0.5) is 0 Å². The molecule has 1 fully saturated rings. The number of aliphatic hydroxyl groups is 1. The smallest absolute Gasteiger partial charge is 0.239 e. The Morgan fingerprint density at radius 2 is 2.00 bits per heavy atom. The van der Waals surface area contributed by atoms with Crippen LogP contribution in [0.2, 0.25) is 0 Å². The van der Waals surface area contributed by atoms with E-state index >= 15 is 0 Å². The van der Waals surface area contributed by atoms with Crippen molar-refractivity contribution in [1.29, 1.82) is 0 Å². The van der Waals surface area contributed by atoms with Crippen molar-refractivity contribution in [2.24, 2.45) is 17.1 Å². The first kappa shape index (κ1) is 13.5. The van der Waals surface area contributed by atoms with Crippen molar-refractivity contribution < 1.29 is 9.90 Å². The summed E-state index contributed by atoms with van der Waals surface area (Å²) in [6.07, 6.45) is 1.45. The Morgan fingerprint density at radius 3 is 2.38 bits per heavy atom. The lowest BCUT2D eigenvalue weighted by atomic mass is 9.81. The molecule has 94 valence electrons. The predicted molar refractivity (Wildman–Crippen MR) is 63.8 cm³/mol. The SMILES string of the molecule is CN(CC1CC(O)C1)C(=O)C(N)C(C)(C)C. The highest BCUT2D eigenvalue weighted by molar-refractivity contribution is 5.82. The fraction of sp³-hybridized carbons (Fsp3) is 0.917. The maximum atomic E-state index is 12.0. The molecule has 1 atom stereocenters. The summed E-state index contributed by atoms with van der Waals surface area (Å²) in [4.78, 5) is 13.7. The van der Waals surface area contributed by atoms with Gasteiger partial charge in [0.25, 0.3) is 0 Å². The van der Waals surface area contributed by atoms with Crippen LogP contribution in [0.3, 0.4) is 0 Å². The topological polar surface area (TPSA) is 66.6 Å². The number of nitrogens with two attached hydrogens (primary N) is 1. The van der Waals surface area contributed by atoms with E-state index in [2.05, 4.69) is 0 Å². The molecule has 4 heteroatoms. The third-order valence-corrected chi connectivity index (χ3v) is 3.32. The van der Waals surface area contributed by atoms with Gasteiger partial charge in [-0.25, -0.2) is 0 Å². The lowest BCUT2D eigenvalue weighted by Crippen LogP contribution is -2.51. The number of likely N-dealkylation sites (N-methyl/N-ethyl adjacent to an activating group) is 1. The third-order valence-electron chi connectivity index (χ3n) is 3.32. The molecule has 1 saturated carbocycles. The van der Waals surface area contributed by atoms with Crippen molar-refractivity contribution in [2.45, 2.75) is 45.8 Å². The Kier molecular flexibility index (Phi) is 3.97. The summed E-state index contributed by atoms with van der Waals surface area (Å²) in [5.41, 5.74) is 5.71. The summed E-state index contributed by atoms with van der Waals surface area (Å²) in [6, 6.07) is -0.456. The largest absolute Gasteiger partial charge is 0.393 e. The van der Waals surface area contributed by atoms with Gasteiger partial charge >= 0.3 is 0 Å². The standard InChI is InChI=1S/C12H24N2O2/c1-12(2,3)10(13)11(16)14(4)7-8-5-9(15)6-8/h8-10,15H,5-7,13H2,1-4H3. The predicted octanol–water partition coefficient (Wildman–Crippen LogP) is 0.589. The number of nitrogens with zero attached hydrogens (tertiary/aromatic N) is 1. The zero-order chi connectivity index (χ0) is 12.5. The van der Waals surface area contributed by atoms with Crippen LogP contribution in [-0.2, 0) is 4.79 Å². The van der Waals surface area contributed by atoms with Crippen molar-refractivity contribution in [1.82, 2.24) is 4.90 Å². The average molecular weight is 228 g/mol. The van der Waals surface area contributed by atoms with Crippen LogP contribution < -0.4 is 5.73 Å². The van der Waals surface area contributed by atoms with E-state index < -0.39 is 6.04 Å². The molecule has 0 aromatic carbocycles. The fourth-order valence-electron chi connectivity index (χ4n) is 1.93. The van der Waals surface area contributed by atoms with Crippen LogP contribution in [0.5, 0.6) is 0 Å². The van der Waals surface area contributed by atoms with E-state index in [0.29, 0.717) is 12.5 Å². The summed E-state index contributed by atoms with van der Waals surface area (Å²) in [5.74, 6) is 0.435. The Hall–Kier alpha value is -0.610. The second kappa shape index (κ2) is 4.72. The van der Waals surface area contributed by atoms with Gasteiger partial charge in [0, 0.05) is 13.6 Å². The van der Waals surface area contributed by atoms with E-state index in [-0.39, 0.29) is 17.4 Å². The van der Waals surface area contributed by atoms with Crippen LogP contribution in [0.15, 0.2) is 0 Å². The summed E-state index contributed by atoms with van der Waals surface area (Å²) < 4.78 is 0. The van der Waals surface area contributed by atoms with Gasteiger partial charge in [-0.2, -0.15) is 0 Å². The summed E-state index contributed by atoms with van der Waals surface area (Å²) >= 11 is 0. The van der Waals surface area contributed by atoms with Gasteiger partial charge in [-0.05, 0) is 24.2 Å². The maximum Gasteiger partial charge on any atom is 0.239 e. The van der Waals surface area contributed by atoms with Crippen LogP contribution in [-0.4, -0.2) is 41.7 Å². The van der Waals surface area contributed by atoms with Crippen molar-refractivity contribution in [3.8, 4) is 0 Å². The van der Waals surface area contributed by atoms with Crippen molar-refractivity contribution in [3.05, 3.63) is 0 Å². The average Bonchev–Trinajstić information content (AvgIpc) is 2.11. The number of hydrogen-bond donors (Lipinski definition) is 2. The molecule has 0 heterocycles. The van der Waals surface area contributed by atoms with Gasteiger partial charge in [0.2, 0.25) is 5.91 Å². The van der Waals surface area contributed by atoms with Gasteiger partial charge in [0.1, 0.15) is 0 Å². The van der Waals surface area contributed by atoms with E-state index in [1.807, 2.05) is 20.8 Å². The molecule has 1 unspecified atom stereocenters. The van der Waals surface area contributed by atoms with E-state index in [1.165, 1.54) is 0 Å². The molecule has 1 rings (SSSR count). The molecule has 1 aliphatic rings. The van der Waals surface area contributed by atoms with Crippen LogP contribution in [0.25, 0.3) is 0 Å². The van der Waals surface area contributed by atoms with Crippen LogP contribution in [0, 0.1) is 11.3 Å². The first-order valence-corrected chi connectivity index (χ1v) is 5.90. The molecule has 0 aliphatic heterocycles. The van der Waals surface area contributed by atoms with E-state index in [1.54, 1.807) is 11.9 Å². The Morgan fingerprint density at radius 1 is 1.50 bits per heavy atom. The van der Waals surface area contributed by atoms with Crippen molar-refractivity contribution in [2.75, 3.05) is 13.6 Å². The van der Waals surface area contributed by atoms with Crippen LogP contribution >= 0.6 is 0 Å². The second-order valence-electron chi connectivity index (χ2n) is 6.05. The number of hydrogen-bond acceptors (Lipinski definition) is 3. The fourth-order valence-corrected chi connectivity index (χ4v) is 1.93. The number of carbonyl (C=O) groups is 1. The monoisotopic (exact) mass is 228 g/mol. The summed E-state index contributed by atoms with van der Waals surface area (Å²) in [6.45, 7) is 6.61. The molecule has 0 aromatic rings. The minimum absolute atomic E-state index is 0.00566. The molecule has 0 saturated heterocycles. The van der Waals surface area contributed by atoms with E-state index in [9.17, 15) is 9.90 Å². The Bertz CT molecular complexity index is 254. The molecule has 0 aromatic heterocycles. The van der Waals surface area contributed by atoms with Gasteiger partial charge in [-0.15, -0.1) is 0 Å². The number of aliphatic hydroxyl groups excluding tert-OH is 1. The summed E-state index contributed by atoms with van der Waals surface area (Å²) in [7, 11) is 1.79. The minimum atomic E-state index is -0.456. The first-order valence-electron chi connectivity index (χ1n) is 5.90. The van der Waals surface area contributed by atoms with Gasteiger partial charge in [-0.3, -0.25) is 4.79 Å². The van der Waals surface area contributed by atoms with E-state index in [0.717, 1.165) is 12.8 Å². The number of amides is 1. The summed E-state index contributed by atoms with van der Waals surface area (Å²) in [5, 5.41) is 9.18. The molecule has 3 N–H and O–H groups in total. The highest BCUT2D eigenvalue weighted by Gasteiger charge is 2.33. The molecule has 16 heavy (non-hydrogen) atoms. The maximum absolute atomic E-state index is 12.0. The Balaban J connectivity index is 2.41. The quantitative estimate of drug-likeness (QED) is 0.743. The third kappa shape index (κ3) is 3.19. The molecule has 4 nitrogen and oxygen atoms in total. The zero-order valence-corrected chi connectivity index (χ0v) is 10.7. The first-order chi connectivity index (χ1) is 7.21. The number of rotatable bonds is 3. The highest BCUT2D eigenvalue weighted by Crippen LogP contribution is 2.28. The highest BCUT2D eigenvalue weighted by atomic mass is 16.3.